The van der Waals surface area contributed by atoms with Gasteiger partial charge < -0.3 is 9.39 Å². The van der Waals surface area contributed by atoms with Crippen molar-refractivity contribution in [2.75, 3.05) is 0 Å². The van der Waals surface area contributed by atoms with E-state index in [0.717, 1.165) is 36.0 Å². The van der Waals surface area contributed by atoms with Crippen LogP contribution in [0.4, 0.5) is 5.69 Å². The van der Waals surface area contributed by atoms with Crippen molar-refractivity contribution < 1.29 is 27.5 Å². The smallest absolute Gasteiger partial charge is 0.339 e. The Hall–Kier alpha value is -2.90. The van der Waals surface area contributed by atoms with Gasteiger partial charge in [-0.15, -0.1) is 0 Å². The molecule has 0 bridgehead atoms. The molecule has 29 heavy (non-hydrogen) atoms. The molecule has 0 radical (unpaired) electrons. The van der Waals surface area contributed by atoms with Crippen molar-refractivity contribution in [2.24, 2.45) is 5.16 Å². The van der Waals surface area contributed by atoms with Crippen molar-refractivity contribution in [2.45, 2.75) is 4.90 Å². The van der Waals surface area contributed by atoms with Gasteiger partial charge >= 0.3 is 10.1 Å². The molecule has 1 saturated heterocycles. The first-order valence-electron chi connectivity index (χ1n) is 7.61. The van der Waals surface area contributed by atoms with Crippen molar-refractivity contribution in [3.63, 3.8) is 0 Å². The highest BCUT2D eigenvalue weighted by molar-refractivity contribution is 9.10. The summed E-state index contributed by atoms with van der Waals surface area (Å²) < 4.78 is 30.9. The number of oxime groups is 1. The predicted octanol–water partition coefficient (Wildman–Crippen LogP) is 3.07. The van der Waals surface area contributed by atoms with E-state index in [-0.39, 0.29) is 32.0 Å². The van der Waals surface area contributed by atoms with E-state index >= 15 is 0 Å². The van der Waals surface area contributed by atoms with Gasteiger partial charge in [0.2, 0.25) is 5.17 Å². The largest absolute Gasteiger partial charge is 0.409 e. The SMILES string of the molecule is O=C1N/C(=N\O)S/C1=C\c1cc(Br)ccc1OS(=O)(=O)c1ccc([N+](=O)[O-])cc1. The fourth-order valence-corrected chi connectivity index (χ4v) is 4.28. The maximum atomic E-state index is 12.6. The van der Waals surface area contributed by atoms with Gasteiger partial charge in [0.05, 0.1) is 9.83 Å². The molecular weight excluding hydrogens is 490 g/mol. The number of rotatable bonds is 5. The van der Waals surface area contributed by atoms with Gasteiger partial charge in [0.15, 0.2) is 0 Å². The Morgan fingerprint density at radius 1 is 1.24 bits per heavy atom. The fourth-order valence-electron chi connectivity index (χ4n) is 2.23. The van der Waals surface area contributed by atoms with Crippen LogP contribution in [0.2, 0.25) is 0 Å². The molecule has 2 aromatic rings. The summed E-state index contributed by atoms with van der Waals surface area (Å²) in [5, 5.41) is 24.7. The highest BCUT2D eigenvalue weighted by atomic mass is 79.9. The van der Waals surface area contributed by atoms with Crippen LogP contribution < -0.4 is 9.50 Å². The number of halogens is 1. The van der Waals surface area contributed by atoms with Crippen molar-refractivity contribution in [1.29, 1.82) is 0 Å². The number of non-ortho nitro benzene ring substituents is 1. The van der Waals surface area contributed by atoms with Crippen LogP contribution in [0.5, 0.6) is 5.75 Å². The molecule has 0 aliphatic carbocycles. The Morgan fingerprint density at radius 2 is 1.93 bits per heavy atom. The van der Waals surface area contributed by atoms with Crippen LogP contribution in [0.15, 0.2) is 61.9 Å². The lowest BCUT2D eigenvalue weighted by Crippen LogP contribution is -2.19. The number of amides is 1. The molecule has 0 unspecified atom stereocenters. The Balaban J connectivity index is 1.95. The molecule has 1 heterocycles. The van der Waals surface area contributed by atoms with Crippen LogP contribution in [0, 0.1) is 10.1 Å². The second kappa shape index (κ2) is 8.23. The molecular formula is C16H10BrN3O7S2. The lowest BCUT2D eigenvalue weighted by atomic mass is 10.2. The number of nitrogens with zero attached hydrogens (tertiary/aromatic N) is 2. The molecule has 1 fully saturated rings. The van der Waals surface area contributed by atoms with Crippen LogP contribution in [0.25, 0.3) is 6.08 Å². The minimum Gasteiger partial charge on any atom is -0.409 e. The van der Waals surface area contributed by atoms with Gasteiger partial charge in [-0.3, -0.25) is 20.2 Å². The normalized spacial score (nSPS) is 16.8. The zero-order valence-corrected chi connectivity index (χ0v) is 17.3. The molecule has 150 valence electrons. The van der Waals surface area contributed by atoms with Crippen LogP contribution >= 0.6 is 27.7 Å². The molecule has 2 N–H and O–H groups in total. The number of carbonyl (C=O) groups excluding carboxylic acids is 1. The lowest BCUT2D eigenvalue weighted by Gasteiger charge is -2.10. The zero-order valence-electron chi connectivity index (χ0n) is 14.1. The van der Waals surface area contributed by atoms with Crippen molar-refractivity contribution in [3.05, 3.63) is 67.5 Å². The minimum atomic E-state index is -4.29. The van der Waals surface area contributed by atoms with Crippen LogP contribution in [-0.4, -0.2) is 29.6 Å². The molecule has 1 aliphatic heterocycles. The van der Waals surface area contributed by atoms with Gasteiger partial charge in [-0.1, -0.05) is 21.1 Å². The molecule has 1 amide bonds. The van der Waals surface area contributed by atoms with Gasteiger partial charge in [0.25, 0.3) is 11.6 Å². The van der Waals surface area contributed by atoms with Gasteiger partial charge in [0, 0.05) is 22.2 Å². The summed E-state index contributed by atoms with van der Waals surface area (Å²) in [7, 11) is -4.29. The Bertz CT molecular complexity index is 1160. The average molecular weight is 500 g/mol. The summed E-state index contributed by atoms with van der Waals surface area (Å²) in [5.41, 5.74) is 0.00494. The van der Waals surface area contributed by atoms with Crippen molar-refractivity contribution >= 4 is 60.6 Å². The molecule has 13 heteroatoms. The third-order valence-corrected chi connectivity index (χ3v) is 6.18. The minimum absolute atomic E-state index is 0.0165. The quantitative estimate of drug-likeness (QED) is 0.209. The molecule has 10 nitrogen and oxygen atoms in total. The van der Waals surface area contributed by atoms with Gasteiger partial charge in [-0.05, 0) is 48.2 Å². The topological polar surface area (TPSA) is 148 Å². The molecule has 0 spiro atoms. The van der Waals surface area contributed by atoms with Gasteiger partial charge in [0.1, 0.15) is 10.6 Å². The number of hydrogen-bond donors (Lipinski definition) is 2. The van der Waals surface area contributed by atoms with E-state index in [1.165, 1.54) is 18.2 Å². The van der Waals surface area contributed by atoms with E-state index in [2.05, 4.69) is 26.4 Å². The van der Waals surface area contributed by atoms with E-state index in [0.29, 0.717) is 4.47 Å². The third kappa shape index (κ3) is 4.75. The summed E-state index contributed by atoms with van der Waals surface area (Å²) in [4.78, 5) is 21.9. The summed E-state index contributed by atoms with van der Waals surface area (Å²) in [6.45, 7) is 0. The molecule has 0 aromatic heterocycles. The fraction of sp³-hybridized carbons (Fsp3) is 0. The number of nitro benzene ring substituents is 1. The lowest BCUT2D eigenvalue weighted by molar-refractivity contribution is -0.384. The molecule has 3 rings (SSSR count). The number of amidine groups is 1. The number of thioether (sulfide) groups is 1. The van der Waals surface area contributed by atoms with Crippen LogP contribution in [0.1, 0.15) is 5.56 Å². The number of benzene rings is 2. The van der Waals surface area contributed by atoms with E-state index in [1.54, 1.807) is 6.07 Å². The summed E-state index contributed by atoms with van der Waals surface area (Å²) >= 11 is 4.13. The average Bonchev–Trinajstić information content (AvgIpc) is 3.03. The Labute approximate surface area is 176 Å². The first-order valence-corrected chi connectivity index (χ1v) is 10.6. The standard InChI is InChI=1S/C16H10BrN3O7S2/c17-10-1-6-13(9(7-10)8-14-15(21)18-16(19-22)28-14)27-29(25,26)12-4-2-11(3-5-12)20(23)24/h1-8,22H,(H,18,19,21)/b14-8-. The maximum absolute atomic E-state index is 12.6. The predicted molar refractivity (Wildman–Crippen MR) is 108 cm³/mol. The van der Waals surface area contributed by atoms with E-state index in [1.807, 2.05) is 0 Å². The van der Waals surface area contributed by atoms with E-state index in [9.17, 15) is 23.3 Å². The highest BCUT2D eigenvalue weighted by Gasteiger charge is 2.25. The Kier molecular flexibility index (Phi) is 5.91. The second-order valence-electron chi connectivity index (χ2n) is 5.44. The third-order valence-electron chi connectivity index (χ3n) is 3.54. The summed E-state index contributed by atoms with van der Waals surface area (Å²) in [6, 6.07) is 8.70. The maximum Gasteiger partial charge on any atom is 0.339 e. The number of nitrogens with one attached hydrogen (secondary N) is 1. The van der Waals surface area contributed by atoms with Crippen LogP contribution in [-0.2, 0) is 14.9 Å². The second-order valence-corrected chi connectivity index (χ2v) is 8.93. The highest BCUT2D eigenvalue weighted by Crippen LogP contribution is 2.32. The zero-order chi connectivity index (χ0) is 21.2. The number of nitro groups is 1. The van der Waals surface area contributed by atoms with Crippen molar-refractivity contribution in [3.8, 4) is 5.75 Å². The summed E-state index contributed by atoms with van der Waals surface area (Å²) in [6.07, 6.45) is 1.38. The van der Waals surface area contributed by atoms with E-state index < -0.39 is 20.9 Å². The van der Waals surface area contributed by atoms with Gasteiger partial charge in [-0.25, -0.2) is 0 Å². The molecule has 0 atom stereocenters. The monoisotopic (exact) mass is 499 g/mol. The summed E-state index contributed by atoms with van der Waals surface area (Å²) in [5.74, 6) is -0.589. The first kappa shape index (κ1) is 20.8. The number of carbonyl (C=O) groups is 1. The van der Waals surface area contributed by atoms with Gasteiger partial charge in [-0.2, -0.15) is 8.42 Å². The molecule has 0 saturated carbocycles. The van der Waals surface area contributed by atoms with Crippen molar-refractivity contribution in [1.82, 2.24) is 5.32 Å². The first-order chi connectivity index (χ1) is 13.7. The molecule has 2 aromatic carbocycles. The van der Waals surface area contributed by atoms with Crippen LogP contribution in [0.3, 0.4) is 0 Å². The molecule has 1 aliphatic rings. The number of hydrogen-bond acceptors (Lipinski definition) is 9. The van der Waals surface area contributed by atoms with E-state index in [4.69, 9.17) is 9.39 Å². The Morgan fingerprint density at radius 3 is 2.52 bits per heavy atom.